The molecule has 1 nitrogen and oxygen atoms in total. The molecule has 0 radical (unpaired) electrons. The van der Waals surface area contributed by atoms with Crippen LogP contribution in [0, 0.1) is 20.8 Å². The van der Waals surface area contributed by atoms with Gasteiger partial charge in [0.1, 0.15) is 0 Å². The van der Waals surface area contributed by atoms with Gasteiger partial charge in [0.15, 0.2) is 5.78 Å². The Morgan fingerprint density at radius 3 is 2.10 bits per heavy atom. The zero-order valence-corrected chi connectivity index (χ0v) is 14.0. The monoisotopic (exact) mass is 298 g/mol. The first-order chi connectivity index (χ1) is 9.95. The van der Waals surface area contributed by atoms with Crippen molar-refractivity contribution in [3.05, 3.63) is 70.3 Å². The highest BCUT2D eigenvalue weighted by molar-refractivity contribution is 7.99. The summed E-state index contributed by atoms with van der Waals surface area (Å²) in [6.45, 7) is 8.26. The van der Waals surface area contributed by atoms with Crippen molar-refractivity contribution in [3.8, 4) is 0 Å². The van der Waals surface area contributed by atoms with Crippen molar-refractivity contribution in [1.29, 1.82) is 0 Å². The van der Waals surface area contributed by atoms with Crippen LogP contribution < -0.4 is 0 Å². The molecule has 0 aliphatic rings. The fraction of sp³-hybridized carbons (Fsp3) is 0.316. The van der Waals surface area contributed by atoms with E-state index in [1.807, 2.05) is 38.1 Å². The van der Waals surface area contributed by atoms with E-state index in [1.165, 1.54) is 22.3 Å². The number of benzene rings is 2. The topological polar surface area (TPSA) is 17.1 Å². The third kappa shape index (κ3) is 4.47. The van der Waals surface area contributed by atoms with Crippen molar-refractivity contribution in [2.45, 2.75) is 38.7 Å². The number of carbonyl (C=O) groups excluding carboxylic acids is 1. The quantitative estimate of drug-likeness (QED) is 0.713. The van der Waals surface area contributed by atoms with Crippen molar-refractivity contribution in [2.24, 2.45) is 0 Å². The Morgan fingerprint density at radius 1 is 0.952 bits per heavy atom. The number of carbonyl (C=O) groups is 1. The number of hydrogen-bond acceptors (Lipinski definition) is 2. The minimum Gasteiger partial charge on any atom is -0.293 e. The Bertz CT molecular complexity index is 608. The van der Waals surface area contributed by atoms with Crippen LogP contribution in [0.4, 0.5) is 0 Å². The van der Waals surface area contributed by atoms with Crippen molar-refractivity contribution >= 4 is 17.5 Å². The molecule has 0 saturated heterocycles. The lowest BCUT2D eigenvalue weighted by molar-refractivity contribution is 0.0994. The third-order valence-electron chi connectivity index (χ3n) is 3.49. The van der Waals surface area contributed by atoms with Crippen LogP contribution >= 0.6 is 11.8 Å². The zero-order chi connectivity index (χ0) is 15.4. The summed E-state index contributed by atoms with van der Waals surface area (Å²) >= 11 is 1.70. The largest absolute Gasteiger partial charge is 0.293 e. The predicted octanol–water partition coefficient (Wildman–Crippen LogP) is 5.12. The Kier molecular flexibility index (Phi) is 5.24. The zero-order valence-electron chi connectivity index (χ0n) is 13.1. The first-order valence-corrected chi connectivity index (χ1v) is 8.30. The van der Waals surface area contributed by atoms with Crippen molar-refractivity contribution in [1.82, 2.24) is 0 Å². The molecule has 0 aliphatic heterocycles. The van der Waals surface area contributed by atoms with Gasteiger partial charge >= 0.3 is 0 Å². The van der Waals surface area contributed by atoms with Crippen molar-refractivity contribution < 1.29 is 4.79 Å². The predicted molar refractivity (Wildman–Crippen MR) is 92.2 cm³/mol. The Hall–Kier alpha value is -1.54. The minimum atomic E-state index is -0.0199. The van der Waals surface area contributed by atoms with Gasteiger partial charge < -0.3 is 0 Å². The number of rotatable bonds is 5. The number of aryl methyl sites for hydroxylation is 3. The molecule has 110 valence electrons. The van der Waals surface area contributed by atoms with Crippen LogP contribution in [0.1, 0.15) is 39.5 Å². The molecule has 21 heavy (non-hydrogen) atoms. The maximum Gasteiger partial charge on any atom is 0.175 e. The maximum atomic E-state index is 12.4. The van der Waals surface area contributed by atoms with Gasteiger partial charge in [0.25, 0.3) is 0 Å². The van der Waals surface area contributed by atoms with E-state index in [9.17, 15) is 4.79 Å². The van der Waals surface area contributed by atoms with Crippen molar-refractivity contribution in [3.63, 3.8) is 0 Å². The van der Waals surface area contributed by atoms with Crippen LogP contribution in [0.3, 0.4) is 0 Å². The highest BCUT2D eigenvalue weighted by Gasteiger charge is 2.15. The van der Waals surface area contributed by atoms with Gasteiger partial charge in [0, 0.05) is 11.3 Å². The average molecular weight is 298 g/mol. The van der Waals surface area contributed by atoms with E-state index < -0.39 is 0 Å². The molecule has 0 N–H and O–H groups in total. The first kappa shape index (κ1) is 15.8. The van der Waals surface area contributed by atoms with Gasteiger partial charge in [-0.25, -0.2) is 0 Å². The minimum absolute atomic E-state index is 0.0199. The van der Waals surface area contributed by atoms with E-state index in [-0.39, 0.29) is 11.0 Å². The summed E-state index contributed by atoms with van der Waals surface area (Å²) in [7, 11) is 0. The van der Waals surface area contributed by atoms with Crippen LogP contribution in [0.15, 0.2) is 42.5 Å². The van der Waals surface area contributed by atoms with E-state index >= 15 is 0 Å². The molecule has 2 aromatic rings. The molecule has 0 fully saturated rings. The summed E-state index contributed by atoms with van der Waals surface area (Å²) in [5, 5.41) is -0.0199. The average Bonchev–Trinajstić information content (AvgIpc) is 2.44. The Labute approximate surface area is 131 Å². The van der Waals surface area contributed by atoms with E-state index in [1.54, 1.807) is 11.8 Å². The van der Waals surface area contributed by atoms with E-state index in [4.69, 9.17) is 0 Å². The Balaban J connectivity index is 1.99. The number of hydrogen-bond donors (Lipinski definition) is 0. The molecule has 1 atom stereocenters. The molecule has 0 spiro atoms. The second kappa shape index (κ2) is 6.95. The summed E-state index contributed by atoms with van der Waals surface area (Å²) in [6, 6.07) is 14.4. The molecule has 2 heteroatoms. The molecule has 0 bridgehead atoms. The molecular weight excluding hydrogens is 276 g/mol. The summed E-state index contributed by atoms with van der Waals surface area (Å²) in [5.41, 5.74) is 5.84. The summed E-state index contributed by atoms with van der Waals surface area (Å²) in [4.78, 5) is 12.4. The standard InChI is InChI=1S/C19H22OS/c1-13-5-7-18(8-6-13)19(20)16(4)21-12-17-10-14(2)9-15(3)11-17/h5-11,16H,12H2,1-4H3. The molecule has 0 heterocycles. The molecule has 0 aliphatic carbocycles. The van der Waals surface area contributed by atoms with Gasteiger partial charge in [-0.15, -0.1) is 11.8 Å². The lowest BCUT2D eigenvalue weighted by atomic mass is 10.1. The van der Waals surface area contributed by atoms with E-state index in [0.29, 0.717) is 0 Å². The van der Waals surface area contributed by atoms with Crippen LogP contribution in [0.5, 0.6) is 0 Å². The van der Waals surface area contributed by atoms with E-state index in [0.717, 1.165) is 11.3 Å². The number of ketones is 1. The summed E-state index contributed by atoms with van der Waals surface area (Å²) in [5.74, 6) is 1.09. The first-order valence-electron chi connectivity index (χ1n) is 7.25. The van der Waals surface area contributed by atoms with Gasteiger partial charge in [0.05, 0.1) is 5.25 Å². The van der Waals surface area contributed by atoms with Crippen LogP contribution in [-0.2, 0) is 5.75 Å². The Morgan fingerprint density at radius 2 is 1.52 bits per heavy atom. The molecule has 2 rings (SSSR count). The smallest absolute Gasteiger partial charge is 0.175 e. The molecule has 2 aromatic carbocycles. The summed E-state index contributed by atoms with van der Waals surface area (Å²) in [6.07, 6.45) is 0. The van der Waals surface area contributed by atoms with Crippen LogP contribution in [-0.4, -0.2) is 11.0 Å². The van der Waals surface area contributed by atoms with Crippen molar-refractivity contribution in [2.75, 3.05) is 0 Å². The van der Waals surface area contributed by atoms with Gasteiger partial charge in [-0.05, 0) is 33.3 Å². The number of thioether (sulfide) groups is 1. The van der Waals surface area contributed by atoms with Gasteiger partial charge in [-0.2, -0.15) is 0 Å². The molecule has 0 aromatic heterocycles. The molecular formula is C19H22OS. The second-order valence-electron chi connectivity index (χ2n) is 5.68. The SMILES string of the molecule is Cc1ccc(C(=O)C(C)SCc2cc(C)cc(C)c2)cc1. The van der Waals surface area contributed by atoms with Crippen LogP contribution in [0.25, 0.3) is 0 Å². The lowest BCUT2D eigenvalue weighted by Crippen LogP contribution is -2.13. The summed E-state index contributed by atoms with van der Waals surface area (Å²) < 4.78 is 0. The van der Waals surface area contributed by atoms with Crippen LogP contribution in [0.2, 0.25) is 0 Å². The van der Waals surface area contributed by atoms with Gasteiger partial charge in [-0.1, -0.05) is 59.2 Å². The lowest BCUT2D eigenvalue weighted by Gasteiger charge is -2.11. The highest BCUT2D eigenvalue weighted by Crippen LogP contribution is 2.22. The molecule has 1 unspecified atom stereocenters. The van der Waals surface area contributed by atoms with Gasteiger partial charge in [-0.3, -0.25) is 4.79 Å². The third-order valence-corrected chi connectivity index (χ3v) is 4.70. The second-order valence-corrected chi connectivity index (χ2v) is 7.01. The fourth-order valence-corrected chi connectivity index (χ4v) is 3.30. The van der Waals surface area contributed by atoms with Gasteiger partial charge in [0.2, 0.25) is 0 Å². The van der Waals surface area contributed by atoms with E-state index in [2.05, 4.69) is 32.0 Å². The maximum absolute atomic E-state index is 12.4. The fourth-order valence-electron chi connectivity index (χ4n) is 2.40. The number of Topliss-reactive ketones (excluding diaryl/α,β-unsaturated/α-hetero) is 1. The molecule has 0 amide bonds. The highest BCUT2D eigenvalue weighted by atomic mass is 32.2. The normalized spacial score (nSPS) is 12.2. The molecule has 0 saturated carbocycles.